The maximum atomic E-state index is 13.9. The number of nitrogens with zero attached hydrogens (tertiary/aromatic N) is 1. The first-order valence-electron chi connectivity index (χ1n) is 7.02. The lowest BCUT2D eigenvalue weighted by atomic mass is 9.98. The van der Waals surface area contributed by atoms with Crippen molar-refractivity contribution in [3.05, 3.63) is 29.3 Å². The van der Waals surface area contributed by atoms with E-state index in [0.717, 1.165) is 18.9 Å². The second kappa shape index (κ2) is 6.03. The molecule has 1 saturated carbocycles. The molecule has 4 nitrogen and oxygen atoms in total. The predicted molar refractivity (Wildman–Crippen MR) is 81.3 cm³/mol. The summed E-state index contributed by atoms with van der Waals surface area (Å²) in [6, 6.07) is 1.70. The fourth-order valence-electron chi connectivity index (χ4n) is 3.43. The lowest BCUT2D eigenvalue weighted by molar-refractivity contribution is 0.423. The second-order valence-electron chi connectivity index (χ2n) is 6.02. The monoisotopic (exact) mass is 352 g/mol. The highest BCUT2D eigenvalue weighted by molar-refractivity contribution is 7.89. The summed E-state index contributed by atoms with van der Waals surface area (Å²) in [6.07, 6.45) is 1.82. The highest BCUT2D eigenvalue weighted by Crippen LogP contribution is 2.39. The van der Waals surface area contributed by atoms with Crippen molar-refractivity contribution >= 4 is 22.4 Å². The van der Waals surface area contributed by atoms with Crippen LogP contribution in [0.25, 0.3) is 0 Å². The molecule has 3 atom stereocenters. The van der Waals surface area contributed by atoms with Crippen LogP contribution in [0.15, 0.2) is 17.0 Å². The van der Waals surface area contributed by atoms with Crippen molar-refractivity contribution in [1.29, 1.82) is 0 Å². The first-order valence-corrected chi connectivity index (χ1v) is 8.46. The molecule has 1 saturated heterocycles. The Bertz CT molecular complexity index is 684. The Morgan fingerprint density at radius 2 is 1.86 bits per heavy atom. The molecule has 2 aliphatic rings. The molecule has 2 N–H and O–H groups in total. The van der Waals surface area contributed by atoms with E-state index < -0.39 is 26.6 Å². The molecular formula is C14H19ClF2N2O2S. The van der Waals surface area contributed by atoms with Gasteiger partial charge in [-0.3, -0.25) is 0 Å². The van der Waals surface area contributed by atoms with Crippen molar-refractivity contribution < 1.29 is 17.2 Å². The Kier molecular flexibility index (Phi) is 4.82. The highest BCUT2D eigenvalue weighted by atomic mass is 35.5. The van der Waals surface area contributed by atoms with E-state index in [1.807, 2.05) is 0 Å². The smallest absolute Gasteiger partial charge is 0.246 e. The molecule has 0 spiro atoms. The van der Waals surface area contributed by atoms with Crippen molar-refractivity contribution in [3.63, 3.8) is 0 Å². The molecule has 3 unspecified atom stereocenters. The molecule has 1 aromatic carbocycles. The van der Waals surface area contributed by atoms with Crippen LogP contribution in [0.4, 0.5) is 8.78 Å². The Labute approximate surface area is 135 Å². The highest BCUT2D eigenvalue weighted by Gasteiger charge is 2.45. The van der Waals surface area contributed by atoms with Crippen LogP contribution in [0.1, 0.15) is 18.4 Å². The van der Waals surface area contributed by atoms with Crippen LogP contribution in [0.2, 0.25) is 0 Å². The summed E-state index contributed by atoms with van der Waals surface area (Å²) in [6.45, 7) is 2.11. The van der Waals surface area contributed by atoms with Gasteiger partial charge in [-0.2, -0.15) is 4.31 Å². The molecule has 1 heterocycles. The van der Waals surface area contributed by atoms with Gasteiger partial charge < -0.3 is 5.73 Å². The number of hydrogen-bond donors (Lipinski definition) is 1. The standard InChI is InChI=1S/C14H18F2N2O2S.ClH/c1-8-4-14(12(16)5-11(8)15)21(19,20)18-6-9-2-3-13(17)10(9)7-18;/h4-5,9-10,13H,2-3,6-7,17H2,1H3;1H. The lowest BCUT2D eigenvalue weighted by Gasteiger charge is -2.19. The van der Waals surface area contributed by atoms with E-state index in [1.165, 1.54) is 11.2 Å². The molecule has 3 rings (SSSR count). The van der Waals surface area contributed by atoms with Crippen molar-refractivity contribution in [2.24, 2.45) is 17.6 Å². The van der Waals surface area contributed by atoms with E-state index >= 15 is 0 Å². The Morgan fingerprint density at radius 3 is 2.50 bits per heavy atom. The zero-order valence-corrected chi connectivity index (χ0v) is 13.8. The maximum absolute atomic E-state index is 13.9. The molecule has 8 heteroatoms. The summed E-state index contributed by atoms with van der Waals surface area (Å²) in [7, 11) is -3.94. The minimum atomic E-state index is -3.94. The Balaban J connectivity index is 0.00000176. The molecule has 0 aromatic heterocycles. The fourth-order valence-corrected chi connectivity index (χ4v) is 5.10. The van der Waals surface area contributed by atoms with Gasteiger partial charge in [0.05, 0.1) is 0 Å². The van der Waals surface area contributed by atoms with Crippen molar-refractivity contribution in [1.82, 2.24) is 4.31 Å². The Morgan fingerprint density at radius 1 is 1.18 bits per heavy atom. The van der Waals surface area contributed by atoms with Crippen LogP contribution >= 0.6 is 12.4 Å². The zero-order chi connectivity index (χ0) is 15.4. The molecule has 0 amide bonds. The largest absolute Gasteiger partial charge is 0.327 e. The molecule has 1 aliphatic heterocycles. The third kappa shape index (κ3) is 2.75. The number of sulfonamides is 1. The van der Waals surface area contributed by atoms with E-state index in [9.17, 15) is 17.2 Å². The van der Waals surface area contributed by atoms with Gasteiger partial charge in [0, 0.05) is 25.2 Å². The van der Waals surface area contributed by atoms with Crippen LogP contribution in [0.5, 0.6) is 0 Å². The van der Waals surface area contributed by atoms with Crippen molar-refractivity contribution in [2.45, 2.75) is 30.7 Å². The van der Waals surface area contributed by atoms with E-state index in [0.29, 0.717) is 19.2 Å². The van der Waals surface area contributed by atoms with Gasteiger partial charge in [0.2, 0.25) is 10.0 Å². The minimum Gasteiger partial charge on any atom is -0.327 e. The fraction of sp³-hybridized carbons (Fsp3) is 0.571. The molecule has 2 fully saturated rings. The summed E-state index contributed by atoms with van der Waals surface area (Å²) >= 11 is 0. The van der Waals surface area contributed by atoms with Crippen LogP contribution < -0.4 is 5.73 Å². The number of fused-ring (bicyclic) bond motifs is 1. The third-order valence-electron chi connectivity index (χ3n) is 4.71. The molecular weight excluding hydrogens is 334 g/mol. The van der Waals surface area contributed by atoms with Gasteiger partial charge in [-0.1, -0.05) is 0 Å². The van der Waals surface area contributed by atoms with Crippen LogP contribution in [0, 0.1) is 30.4 Å². The van der Waals surface area contributed by atoms with Gasteiger partial charge >= 0.3 is 0 Å². The average molecular weight is 353 g/mol. The molecule has 0 bridgehead atoms. The van der Waals surface area contributed by atoms with Gasteiger partial charge in [-0.05, 0) is 43.2 Å². The number of hydrogen-bond acceptors (Lipinski definition) is 3. The third-order valence-corrected chi connectivity index (χ3v) is 6.56. The van der Waals surface area contributed by atoms with Crippen LogP contribution in [0.3, 0.4) is 0 Å². The number of nitrogens with two attached hydrogens (primary N) is 1. The molecule has 124 valence electrons. The number of benzene rings is 1. The summed E-state index contributed by atoms with van der Waals surface area (Å²) in [5.41, 5.74) is 6.11. The predicted octanol–water partition coefficient (Wildman–Crippen LogP) is 2.05. The topological polar surface area (TPSA) is 63.4 Å². The molecule has 0 radical (unpaired) electrons. The number of aryl methyl sites for hydroxylation is 1. The SMILES string of the molecule is Cc1cc(S(=O)(=O)N2CC3CCC(N)C3C2)c(F)cc1F.Cl. The quantitative estimate of drug-likeness (QED) is 0.886. The van der Waals surface area contributed by atoms with Gasteiger partial charge in [0.15, 0.2) is 0 Å². The Hall–Kier alpha value is -0.760. The summed E-state index contributed by atoms with van der Waals surface area (Å²) < 4.78 is 53.6. The van der Waals surface area contributed by atoms with Crippen molar-refractivity contribution in [2.75, 3.05) is 13.1 Å². The summed E-state index contributed by atoms with van der Waals surface area (Å²) in [5.74, 6) is -1.39. The van der Waals surface area contributed by atoms with Crippen LogP contribution in [-0.4, -0.2) is 31.9 Å². The number of rotatable bonds is 2. The van der Waals surface area contributed by atoms with Gasteiger partial charge in [0.1, 0.15) is 16.5 Å². The normalized spacial score (nSPS) is 28.5. The minimum absolute atomic E-state index is 0. The first-order chi connectivity index (χ1) is 9.80. The van der Waals surface area contributed by atoms with E-state index in [2.05, 4.69) is 0 Å². The van der Waals surface area contributed by atoms with Crippen molar-refractivity contribution in [3.8, 4) is 0 Å². The average Bonchev–Trinajstić information content (AvgIpc) is 2.97. The maximum Gasteiger partial charge on any atom is 0.246 e. The van der Waals surface area contributed by atoms with Gasteiger partial charge in [-0.25, -0.2) is 17.2 Å². The summed E-state index contributed by atoms with van der Waals surface area (Å²) in [4.78, 5) is -0.449. The van der Waals surface area contributed by atoms with E-state index in [1.54, 1.807) is 0 Å². The summed E-state index contributed by atoms with van der Waals surface area (Å²) in [5, 5.41) is 0. The molecule has 22 heavy (non-hydrogen) atoms. The molecule has 1 aromatic rings. The van der Waals surface area contributed by atoms with E-state index in [-0.39, 0.29) is 35.8 Å². The number of halogens is 3. The van der Waals surface area contributed by atoms with E-state index in [4.69, 9.17) is 5.73 Å². The first kappa shape index (κ1) is 17.6. The van der Waals surface area contributed by atoms with Crippen LogP contribution in [-0.2, 0) is 10.0 Å². The van der Waals surface area contributed by atoms with Gasteiger partial charge in [-0.15, -0.1) is 12.4 Å². The lowest BCUT2D eigenvalue weighted by Crippen LogP contribution is -2.34. The van der Waals surface area contributed by atoms with Gasteiger partial charge in [0.25, 0.3) is 0 Å². The molecule has 1 aliphatic carbocycles. The second-order valence-corrected chi connectivity index (χ2v) is 7.93. The zero-order valence-electron chi connectivity index (χ0n) is 12.1.